The Labute approximate surface area is 306 Å². The number of aliphatic hydroxyl groups is 1. The minimum absolute atomic E-state index is 0.0256. The van der Waals surface area contributed by atoms with Crippen LogP contribution in [0.4, 0.5) is 0 Å². The highest BCUT2D eigenvalue weighted by molar-refractivity contribution is 7.85. The van der Waals surface area contributed by atoms with Crippen molar-refractivity contribution >= 4 is 27.6 Å². The summed E-state index contributed by atoms with van der Waals surface area (Å²) in [5.41, 5.74) is 11.6. The van der Waals surface area contributed by atoms with Crippen LogP contribution in [0.15, 0.2) is 0 Å². The number of carbonyl (C=O) groups is 3. The molecule has 10 nitrogen and oxygen atoms in total. The fourth-order valence-electron chi connectivity index (χ4n) is 6.56. The minimum atomic E-state index is -4.19. The van der Waals surface area contributed by atoms with Crippen LogP contribution >= 0.6 is 0 Å². The van der Waals surface area contributed by atoms with Gasteiger partial charge in [0, 0.05) is 25.3 Å². The molecular weight excluding hydrogens is 655 g/mol. The number of Topliss-reactive ketones (excluding diaryl/α,β-unsaturated/α-hetero) is 2. The molecule has 0 radical (unpaired) electrons. The van der Waals surface area contributed by atoms with Crippen LogP contribution in [-0.2, 0) is 24.5 Å². The summed E-state index contributed by atoms with van der Waals surface area (Å²) in [4.78, 5) is 37.2. The molecule has 0 fully saturated rings. The Hall–Kier alpha value is -1.40. The molecule has 296 valence electrons. The van der Waals surface area contributed by atoms with Gasteiger partial charge in [-0.25, -0.2) is 0 Å². The van der Waals surface area contributed by atoms with Crippen LogP contribution in [0.2, 0.25) is 0 Å². The predicted octanol–water partition coefficient (Wildman–Crippen LogP) is 7.72. The topological polar surface area (TPSA) is 190 Å². The Bertz CT molecular complexity index is 948. The van der Waals surface area contributed by atoms with E-state index in [1.54, 1.807) is 0 Å². The molecule has 11 heteroatoms. The molecule has 0 heterocycles. The molecule has 0 aliphatic heterocycles. The van der Waals surface area contributed by atoms with E-state index in [0.717, 1.165) is 57.8 Å². The Morgan fingerprint density at radius 1 is 0.600 bits per heavy atom. The number of unbranched alkanes of at least 4 members (excludes halogenated alkanes) is 23. The standard InChI is InChI=1S/C39H77N3O7S/c1-2-3-4-5-6-7-8-9-13-16-19-22-25-28-36(44)37(45)29-26-23-20-17-14-11-10-12-15-18-21-24-27-35(43)34(30-31-40)38(41)39(46)42-32-33-50(47,48)49/h34,37-38,45H,2-33,40-41H2,1H3,(H,42,46)(H,47,48,49)/t34?,37?,38-/m0/s1. The molecule has 0 rings (SSSR count). The lowest BCUT2D eigenvalue weighted by Crippen LogP contribution is -2.49. The van der Waals surface area contributed by atoms with Crippen LogP contribution in [-0.4, -0.2) is 66.5 Å². The Morgan fingerprint density at radius 3 is 1.38 bits per heavy atom. The van der Waals surface area contributed by atoms with E-state index in [2.05, 4.69) is 12.2 Å². The lowest BCUT2D eigenvalue weighted by Gasteiger charge is -2.21. The number of amides is 1. The van der Waals surface area contributed by atoms with Gasteiger partial charge in [0.1, 0.15) is 11.9 Å². The average molecular weight is 732 g/mol. The van der Waals surface area contributed by atoms with E-state index >= 15 is 0 Å². The molecule has 50 heavy (non-hydrogen) atoms. The van der Waals surface area contributed by atoms with Gasteiger partial charge in [0.2, 0.25) is 5.91 Å². The van der Waals surface area contributed by atoms with Crippen molar-refractivity contribution in [1.29, 1.82) is 0 Å². The first-order valence-electron chi connectivity index (χ1n) is 20.5. The van der Waals surface area contributed by atoms with E-state index in [9.17, 15) is 27.9 Å². The third-order valence-corrected chi connectivity index (χ3v) is 10.6. The molecule has 0 aromatic carbocycles. The first-order chi connectivity index (χ1) is 24.0. The Kier molecular flexibility index (Phi) is 32.5. The molecular formula is C39H77N3O7S. The number of hydrogen-bond donors (Lipinski definition) is 5. The van der Waals surface area contributed by atoms with Gasteiger partial charge >= 0.3 is 0 Å². The predicted molar refractivity (Wildman–Crippen MR) is 206 cm³/mol. The molecule has 0 aliphatic carbocycles. The number of carbonyl (C=O) groups excluding carboxylic acids is 3. The van der Waals surface area contributed by atoms with Crippen LogP contribution < -0.4 is 16.8 Å². The van der Waals surface area contributed by atoms with Gasteiger partial charge in [0.25, 0.3) is 10.1 Å². The van der Waals surface area contributed by atoms with E-state index in [-0.39, 0.29) is 31.1 Å². The average Bonchev–Trinajstić information content (AvgIpc) is 3.08. The Morgan fingerprint density at radius 2 is 0.980 bits per heavy atom. The van der Waals surface area contributed by atoms with E-state index in [1.807, 2.05) is 0 Å². The van der Waals surface area contributed by atoms with Crippen molar-refractivity contribution in [2.24, 2.45) is 17.4 Å². The van der Waals surface area contributed by atoms with Crippen molar-refractivity contribution in [2.75, 3.05) is 18.8 Å². The maximum Gasteiger partial charge on any atom is 0.266 e. The number of aliphatic hydroxyl groups excluding tert-OH is 1. The van der Waals surface area contributed by atoms with Crippen LogP contribution in [0.3, 0.4) is 0 Å². The lowest BCUT2D eigenvalue weighted by molar-refractivity contribution is -0.130. The third kappa shape index (κ3) is 30.2. The molecule has 0 aromatic rings. The molecule has 7 N–H and O–H groups in total. The first kappa shape index (κ1) is 48.6. The van der Waals surface area contributed by atoms with Gasteiger partial charge in [-0.1, -0.05) is 155 Å². The first-order valence-corrected chi connectivity index (χ1v) is 22.1. The third-order valence-electron chi connectivity index (χ3n) is 9.84. The zero-order valence-electron chi connectivity index (χ0n) is 31.9. The molecule has 0 saturated heterocycles. The van der Waals surface area contributed by atoms with E-state index in [1.165, 1.54) is 103 Å². The number of nitrogens with one attached hydrogen (secondary N) is 1. The molecule has 3 atom stereocenters. The summed E-state index contributed by atoms with van der Waals surface area (Å²) in [5, 5.41) is 12.6. The van der Waals surface area contributed by atoms with Gasteiger partial charge in [0.15, 0.2) is 5.78 Å². The summed E-state index contributed by atoms with van der Waals surface area (Å²) in [5.74, 6) is -2.02. The molecule has 0 spiro atoms. The molecule has 0 aliphatic rings. The fourth-order valence-corrected chi connectivity index (χ4v) is 6.92. The fraction of sp³-hybridized carbons (Fsp3) is 0.923. The molecule has 0 aromatic heterocycles. The monoisotopic (exact) mass is 732 g/mol. The highest BCUT2D eigenvalue weighted by atomic mass is 32.2. The van der Waals surface area contributed by atoms with Crippen molar-refractivity contribution in [3.63, 3.8) is 0 Å². The normalized spacial score (nSPS) is 13.6. The van der Waals surface area contributed by atoms with Gasteiger partial charge in [-0.2, -0.15) is 8.42 Å². The van der Waals surface area contributed by atoms with E-state index < -0.39 is 39.8 Å². The number of rotatable bonds is 38. The second-order valence-corrected chi connectivity index (χ2v) is 16.1. The second kappa shape index (κ2) is 33.4. The highest BCUT2D eigenvalue weighted by Gasteiger charge is 2.29. The van der Waals surface area contributed by atoms with Crippen molar-refractivity contribution in [3.8, 4) is 0 Å². The van der Waals surface area contributed by atoms with Gasteiger partial charge in [0.05, 0.1) is 11.8 Å². The molecule has 0 bridgehead atoms. The molecule has 2 unspecified atom stereocenters. The lowest BCUT2D eigenvalue weighted by atomic mass is 9.88. The largest absolute Gasteiger partial charge is 0.385 e. The van der Waals surface area contributed by atoms with Crippen molar-refractivity contribution in [1.82, 2.24) is 5.32 Å². The quantitative estimate of drug-likeness (QED) is 0.0313. The van der Waals surface area contributed by atoms with Gasteiger partial charge < -0.3 is 21.9 Å². The summed E-state index contributed by atoms with van der Waals surface area (Å²) in [6, 6.07) is -1.10. The van der Waals surface area contributed by atoms with Crippen molar-refractivity contribution in [3.05, 3.63) is 0 Å². The van der Waals surface area contributed by atoms with Crippen LogP contribution in [0.1, 0.15) is 193 Å². The number of nitrogens with two attached hydrogens (primary N) is 2. The van der Waals surface area contributed by atoms with Gasteiger partial charge in [-0.3, -0.25) is 18.9 Å². The maximum atomic E-state index is 12.7. The van der Waals surface area contributed by atoms with Gasteiger partial charge in [-0.15, -0.1) is 0 Å². The van der Waals surface area contributed by atoms with Crippen molar-refractivity contribution < 1.29 is 32.5 Å². The highest BCUT2D eigenvalue weighted by Crippen LogP contribution is 2.18. The molecule has 1 amide bonds. The van der Waals surface area contributed by atoms with E-state index in [0.29, 0.717) is 19.3 Å². The summed E-state index contributed by atoms with van der Waals surface area (Å²) in [6.45, 7) is 2.20. The van der Waals surface area contributed by atoms with E-state index in [4.69, 9.17) is 16.0 Å². The summed E-state index contributed by atoms with van der Waals surface area (Å²) in [6.07, 6.45) is 30.7. The molecule has 0 saturated carbocycles. The van der Waals surface area contributed by atoms with Crippen LogP contribution in [0, 0.1) is 5.92 Å². The minimum Gasteiger partial charge on any atom is -0.385 e. The SMILES string of the molecule is CCCCCCCCCCCCCCCC(=O)C(O)CCCCCCCCCCCCCCC(=O)C(CCN)[C@H](N)C(=O)NCCS(=O)(=O)O. The summed E-state index contributed by atoms with van der Waals surface area (Å²) in [7, 11) is -4.19. The summed E-state index contributed by atoms with van der Waals surface area (Å²) < 4.78 is 30.4. The van der Waals surface area contributed by atoms with Gasteiger partial charge in [-0.05, 0) is 32.2 Å². The Balaban J connectivity index is 3.67. The van der Waals surface area contributed by atoms with Crippen LogP contribution in [0.5, 0.6) is 0 Å². The number of ketones is 2. The summed E-state index contributed by atoms with van der Waals surface area (Å²) >= 11 is 0. The van der Waals surface area contributed by atoms with Crippen molar-refractivity contribution in [2.45, 2.75) is 205 Å². The maximum absolute atomic E-state index is 12.7. The zero-order valence-corrected chi connectivity index (χ0v) is 32.7. The number of hydrogen-bond acceptors (Lipinski definition) is 8. The smallest absolute Gasteiger partial charge is 0.266 e. The zero-order chi connectivity index (χ0) is 37.3. The second-order valence-electron chi connectivity index (χ2n) is 14.5. The van der Waals surface area contributed by atoms with Crippen LogP contribution in [0.25, 0.3) is 0 Å².